The highest BCUT2D eigenvalue weighted by molar-refractivity contribution is 6.22. The van der Waals surface area contributed by atoms with E-state index in [1.807, 2.05) is 37.3 Å². The first-order chi connectivity index (χ1) is 13.9. The monoisotopic (exact) mass is 394 g/mol. The van der Waals surface area contributed by atoms with Gasteiger partial charge in [0, 0.05) is 6.54 Å². The van der Waals surface area contributed by atoms with Crippen LogP contribution in [0.25, 0.3) is 0 Å². The van der Waals surface area contributed by atoms with Crippen LogP contribution < -0.4 is 5.32 Å². The first-order valence-electron chi connectivity index (χ1n) is 9.36. The number of nitrogens with zero attached hydrogens (tertiary/aromatic N) is 1. The lowest BCUT2D eigenvalue weighted by Gasteiger charge is -2.18. The molecule has 0 aromatic heterocycles. The van der Waals surface area contributed by atoms with Crippen molar-refractivity contribution in [2.45, 2.75) is 25.9 Å². The molecule has 7 heteroatoms. The molecule has 0 radical (unpaired) electrons. The van der Waals surface area contributed by atoms with Crippen molar-refractivity contribution in [1.82, 2.24) is 10.2 Å². The van der Waals surface area contributed by atoms with Crippen LogP contribution in [0.2, 0.25) is 0 Å². The zero-order chi connectivity index (χ0) is 21.0. The third kappa shape index (κ3) is 4.51. The molecule has 0 bridgehead atoms. The van der Waals surface area contributed by atoms with Gasteiger partial charge in [0.15, 0.2) is 6.10 Å². The Labute approximate surface area is 168 Å². The summed E-state index contributed by atoms with van der Waals surface area (Å²) in [5.74, 6) is -2.25. The zero-order valence-electron chi connectivity index (χ0n) is 16.3. The van der Waals surface area contributed by atoms with Gasteiger partial charge in [0.2, 0.25) is 0 Å². The number of amides is 3. The fourth-order valence-corrected chi connectivity index (χ4v) is 3.10. The van der Waals surface area contributed by atoms with E-state index < -0.39 is 36.3 Å². The number of hydrogen-bond donors (Lipinski definition) is 1. The minimum Gasteiger partial charge on any atom is -0.451 e. The van der Waals surface area contributed by atoms with Crippen molar-refractivity contribution in [2.24, 2.45) is 0 Å². The second kappa shape index (κ2) is 8.68. The summed E-state index contributed by atoms with van der Waals surface area (Å²) in [4.78, 5) is 49.8. The standard InChI is InChI=1S/C22H22N2O5/c1-14(16-8-4-3-5-9-16)12-23-20(26)15(2)29-19(25)13-24-21(27)17-10-6-7-11-18(17)22(24)28/h3-11,14-15H,12-13H2,1-2H3,(H,23,26)/t14-,15+/m1/s1. The number of fused-ring (bicyclic) bond motifs is 1. The second-order valence-corrected chi connectivity index (χ2v) is 6.93. The second-order valence-electron chi connectivity index (χ2n) is 6.93. The molecule has 0 saturated heterocycles. The maximum atomic E-state index is 12.3. The Morgan fingerprint density at radius 1 is 0.931 bits per heavy atom. The van der Waals surface area contributed by atoms with Crippen LogP contribution in [0.15, 0.2) is 54.6 Å². The molecule has 7 nitrogen and oxygen atoms in total. The van der Waals surface area contributed by atoms with E-state index in [1.165, 1.54) is 19.1 Å². The van der Waals surface area contributed by atoms with Gasteiger partial charge in [-0.2, -0.15) is 0 Å². The van der Waals surface area contributed by atoms with E-state index in [4.69, 9.17) is 4.74 Å². The number of rotatable bonds is 7. The number of imide groups is 1. The summed E-state index contributed by atoms with van der Waals surface area (Å²) in [6.07, 6.45) is -1.04. The predicted octanol–water partition coefficient (Wildman–Crippen LogP) is 2.13. The molecule has 3 amide bonds. The molecule has 29 heavy (non-hydrogen) atoms. The van der Waals surface area contributed by atoms with Crippen molar-refractivity contribution in [3.8, 4) is 0 Å². The van der Waals surface area contributed by atoms with E-state index in [2.05, 4.69) is 5.32 Å². The van der Waals surface area contributed by atoms with Crippen molar-refractivity contribution < 1.29 is 23.9 Å². The van der Waals surface area contributed by atoms with Gasteiger partial charge in [-0.25, -0.2) is 0 Å². The van der Waals surface area contributed by atoms with Gasteiger partial charge < -0.3 is 10.1 Å². The number of ether oxygens (including phenoxy) is 1. The van der Waals surface area contributed by atoms with Crippen LogP contribution in [0.1, 0.15) is 46.0 Å². The summed E-state index contributed by atoms with van der Waals surface area (Å²) in [6, 6.07) is 16.1. The Balaban J connectivity index is 1.50. The molecule has 3 rings (SSSR count). The molecular formula is C22H22N2O5. The molecule has 1 N–H and O–H groups in total. The van der Waals surface area contributed by atoms with Gasteiger partial charge in [-0.1, -0.05) is 49.4 Å². The fourth-order valence-electron chi connectivity index (χ4n) is 3.10. The van der Waals surface area contributed by atoms with Crippen LogP contribution in [0.3, 0.4) is 0 Å². The third-order valence-corrected chi connectivity index (χ3v) is 4.79. The number of carbonyl (C=O) groups is 4. The fraction of sp³-hybridized carbons (Fsp3) is 0.273. The first kappa shape index (κ1) is 20.3. The Bertz CT molecular complexity index is 906. The van der Waals surface area contributed by atoms with Gasteiger partial charge in [0.25, 0.3) is 17.7 Å². The number of carbonyl (C=O) groups excluding carboxylic acids is 4. The highest BCUT2D eigenvalue weighted by atomic mass is 16.5. The van der Waals surface area contributed by atoms with Crippen LogP contribution in [-0.2, 0) is 14.3 Å². The Morgan fingerprint density at radius 2 is 1.48 bits per heavy atom. The SMILES string of the molecule is C[C@H](OC(=O)CN1C(=O)c2ccccc2C1=O)C(=O)NC[C@@H](C)c1ccccc1. The lowest BCUT2D eigenvalue weighted by Crippen LogP contribution is -2.41. The highest BCUT2D eigenvalue weighted by Gasteiger charge is 2.37. The molecule has 0 aliphatic carbocycles. The highest BCUT2D eigenvalue weighted by Crippen LogP contribution is 2.22. The summed E-state index contributed by atoms with van der Waals surface area (Å²) < 4.78 is 5.11. The van der Waals surface area contributed by atoms with Gasteiger partial charge in [0.1, 0.15) is 6.54 Å². The lowest BCUT2D eigenvalue weighted by atomic mass is 10.0. The third-order valence-electron chi connectivity index (χ3n) is 4.79. The maximum absolute atomic E-state index is 12.3. The quantitative estimate of drug-likeness (QED) is 0.574. The average Bonchev–Trinajstić information content (AvgIpc) is 2.97. The van der Waals surface area contributed by atoms with Crippen molar-refractivity contribution in [3.63, 3.8) is 0 Å². The molecule has 150 valence electrons. The van der Waals surface area contributed by atoms with E-state index in [0.29, 0.717) is 6.54 Å². The van der Waals surface area contributed by atoms with Crippen molar-refractivity contribution >= 4 is 23.7 Å². The summed E-state index contributed by atoms with van der Waals surface area (Å²) in [6.45, 7) is 3.28. The van der Waals surface area contributed by atoms with E-state index in [-0.39, 0.29) is 17.0 Å². The Morgan fingerprint density at radius 3 is 2.07 bits per heavy atom. The molecule has 2 aromatic rings. The van der Waals surface area contributed by atoms with E-state index in [0.717, 1.165) is 10.5 Å². The number of nitrogens with one attached hydrogen (secondary N) is 1. The minimum atomic E-state index is -1.04. The minimum absolute atomic E-state index is 0.0985. The van der Waals surface area contributed by atoms with Crippen molar-refractivity contribution in [2.75, 3.05) is 13.1 Å². The Hall–Kier alpha value is -3.48. The van der Waals surface area contributed by atoms with E-state index in [1.54, 1.807) is 12.1 Å². The summed E-state index contributed by atoms with van der Waals surface area (Å²) in [7, 11) is 0. The van der Waals surface area contributed by atoms with Gasteiger partial charge in [-0.3, -0.25) is 24.1 Å². The molecule has 1 heterocycles. The molecule has 1 aliphatic heterocycles. The number of benzene rings is 2. The molecule has 1 aliphatic rings. The molecule has 0 spiro atoms. The Kier molecular flexibility index (Phi) is 6.07. The molecule has 0 saturated carbocycles. The summed E-state index contributed by atoms with van der Waals surface area (Å²) in [5, 5.41) is 2.75. The van der Waals surface area contributed by atoms with Crippen molar-refractivity contribution in [1.29, 1.82) is 0 Å². The van der Waals surface area contributed by atoms with Crippen molar-refractivity contribution in [3.05, 3.63) is 71.3 Å². The van der Waals surface area contributed by atoms with Crippen LogP contribution in [0.4, 0.5) is 0 Å². The van der Waals surface area contributed by atoms with Gasteiger partial charge in [0.05, 0.1) is 11.1 Å². The zero-order valence-corrected chi connectivity index (χ0v) is 16.3. The van der Waals surface area contributed by atoms with Crippen LogP contribution >= 0.6 is 0 Å². The van der Waals surface area contributed by atoms with Crippen LogP contribution in [-0.4, -0.2) is 47.8 Å². The number of hydrogen-bond acceptors (Lipinski definition) is 5. The normalized spacial score (nSPS) is 14.9. The average molecular weight is 394 g/mol. The first-order valence-corrected chi connectivity index (χ1v) is 9.36. The maximum Gasteiger partial charge on any atom is 0.326 e. The van der Waals surface area contributed by atoms with Crippen LogP contribution in [0.5, 0.6) is 0 Å². The topological polar surface area (TPSA) is 92.8 Å². The molecular weight excluding hydrogens is 372 g/mol. The van der Waals surface area contributed by atoms with Crippen LogP contribution in [0, 0.1) is 0 Å². The van der Waals surface area contributed by atoms with Gasteiger partial charge in [-0.15, -0.1) is 0 Å². The summed E-state index contributed by atoms with van der Waals surface area (Å²) in [5.41, 5.74) is 1.60. The lowest BCUT2D eigenvalue weighted by molar-refractivity contribution is -0.154. The van der Waals surface area contributed by atoms with Gasteiger partial charge in [-0.05, 0) is 30.5 Å². The van der Waals surface area contributed by atoms with E-state index >= 15 is 0 Å². The molecule has 0 unspecified atom stereocenters. The summed E-state index contributed by atoms with van der Waals surface area (Å²) >= 11 is 0. The smallest absolute Gasteiger partial charge is 0.326 e. The molecule has 2 aromatic carbocycles. The predicted molar refractivity (Wildman–Crippen MR) is 105 cm³/mol. The molecule has 2 atom stereocenters. The van der Waals surface area contributed by atoms with Gasteiger partial charge >= 0.3 is 5.97 Å². The number of esters is 1. The van der Waals surface area contributed by atoms with E-state index in [9.17, 15) is 19.2 Å². The molecule has 0 fully saturated rings. The largest absolute Gasteiger partial charge is 0.451 e.